The number of fused-ring (bicyclic) bond motifs is 5. The molecule has 5 rings (SSSR count). The largest absolute Gasteiger partial charge is 0.388 e. The Kier molecular flexibility index (Phi) is 10.0. The molecular weight excluding hydrogens is 560 g/mol. The summed E-state index contributed by atoms with van der Waals surface area (Å²) >= 11 is 4.46. The van der Waals surface area contributed by atoms with Gasteiger partial charge in [0.2, 0.25) is 0 Å². The van der Waals surface area contributed by atoms with Gasteiger partial charge in [0.25, 0.3) is 0 Å². The maximum Gasteiger partial charge on any atom is 0.189 e. The van der Waals surface area contributed by atoms with E-state index in [1.54, 1.807) is 12.5 Å². The first-order chi connectivity index (χ1) is 20.2. The molecule has 14 atom stereocenters. The SMILES string of the molecule is CC=C(CC[C@@H](C(=O)S)[C@H]1CC[C@H]2C3=CC[C@H]4[C@H](C)[C@@H](O[C@@H]5O[C@@H](C)[C@H](O)[C@@H](O)[C@@H]5O)CC[C@]4(C)[C@H]3CC[C@]12C)C(C)C. The zero-order valence-corrected chi connectivity index (χ0v) is 28.4. The number of hydrogen-bond acceptors (Lipinski definition) is 6. The molecule has 5 aliphatic rings. The third-order valence-corrected chi connectivity index (χ3v) is 13.7. The molecular formula is C36H58O6S. The lowest BCUT2D eigenvalue weighted by atomic mass is 9.46. The molecule has 0 aromatic heterocycles. The Balaban J connectivity index is 1.31. The number of aliphatic hydroxyl groups excluding tert-OH is 3. The molecule has 3 N–H and O–H groups in total. The average Bonchev–Trinajstić information content (AvgIpc) is 3.30. The molecule has 1 saturated heterocycles. The standard InChI is InChI=1S/C36H58O6S/c1-8-22(19(2)3)9-10-24(33(40)43)27-14-13-26-23-11-12-25-20(4)29(42-34-32(39)31(38)30(37)21(5)41-34)16-18-35(25,6)28(23)15-17-36(26,27)7/h8,11,19-21,24-32,34,37-39H,9-10,12-18H2,1-7H3,(H,40,43)/t20-,21-,24+,25-,26-,27+,28-,29-,30-,31+,32-,34-,35-,36-/m0/s1. The minimum absolute atomic E-state index is 0.0171. The molecule has 0 radical (unpaired) electrons. The maximum atomic E-state index is 13.0. The predicted octanol–water partition coefficient (Wildman–Crippen LogP) is 6.48. The molecule has 244 valence electrons. The Morgan fingerprint density at radius 2 is 1.72 bits per heavy atom. The van der Waals surface area contributed by atoms with E-state index in [-0.39, 0.29) is 33.9 Å². The third kappa shape index (κ3) is 5.86. The summed E-state index contributed by atoms with van der Waals surface area (Å²) in [6, 6.07) is 0. The van der Waals surface area contributed by atoms with Crippen LogP contribution in [0.15, 0.2) is 23.3 Å². The van der Waals surface area contributed by atoms with E-state index < -0.39 is 30.7 Å². The fraction of sp³-hybridized carbons (Fsp3) is 0.861. The van der Waals surface area contributed by atoms with Crippen LogP contribution >= 0.6 is 12.6 Å². The van der Waals surface area contributed by atoms with Gasteiger partial charge >= 0.3 is 0 Å². The lowest BCUT2D eigenvalue weighted by Crippen LogP contribution is -2.59. The highest BCUT2D eigenvalue weighted by Gasteiger charge is 2.60. The number of hydrogen-bond donors (Lipinski definition) is 4. The summed E-state index contributed by atoms with van der Waals surface area (Å²) in [6.07, 6.45) is 9.04. The quantitative estimate of drug-likeness (QED) is 0.184. The Hall–Kier alpha value is -0.700. The molecule has 0 spiro atoms. The van der Waals surface area contributed by atoms with E-state index in [0.717, 1.165) is 38.5 Å². The summed E-state index contributed by atoms with van der Waals surface area (Å²) in [4.78, 5) is 13.0. The van der Waals surface area contributed by atoms with Crippen molar-refractivity contribution >= 4 is 17.7 Å². The van der Waals surface area contributed by atoms with E-state index in [4.69, 9.17) is 9.47 Å². The van der Waals surface area contributed by atoms with Gasteiger partial charge in [0.15, 0.2) is 11.4 Å². The smallest absolute Gasteiger partial charge is 0.189 e. The Morgan fingerprint density at radius 1 is 1.05 bits per heavy atom. The van der Waals surface area contributed by atoms with Crippen molar-refractivity contribution in [2.45, 2.75) is 143 Å². The second-order valence-electron chi connectivity index (χ2n) is 15.6. The van der Waals surface area contributed by atoms with Crippen LogP contribution in [-0.4, -0.2) is 57.2 Å². The molecule has 0 amide bonds. The second kappa shape index (κ2) is 12.8. The molecule has 43 heavy (non-hydrogen) atoms. The van der Waals surface area contributed by atoms with Crippen molar-refractivity contribution < 1.29 is 29.6 Å². The fourth-order valence-corrected chi connectivity index (χ4v) is 11.0. The van der Waals surface area contributed by atoms with E-state index in [2.05, 4.69) is 66.3 Å². The van der Waals surface area contributed by atoms with Crippen molar-refractivity contribution in [1.82, 2.24) is 0 Å². The average molecular weight is 619 g/mol. The zero-order chi connectivity index (χ0) is 31.4. The molecule has 1 aliphatic heterocycles. The first-order valence-corrected chi connectivity index (χ1v) is 17.6. The van der Waals surface area contributed by atoms with Crippen LogP contribution in [0, 0.1) is 52.3 Å². The minimum Gasteiger partial charge on any atom is -0.388 e. The van der Waals surface area contributed by atoms with Gasteiger partial charge in [-0.2, -0.15) is 0 Å². The van der Waals surface area contributed by atoms with Crippen molar-refractivity contribution in [2.75, 3.05) is 0 Å². The molecule has 0 bridgehead atoms. The molecule has 4 fully saturated rings. The molecule has 1 heterocycles. The number of ether oxygens (including phenoxy) is 2. The van der Waals surface area contributed by atoms with Gasteiger partial charge in [0.1, 0.15) is 18.3 Å². The number of rotatable bonds is 8. The fourth-order valence-electron chi connectivity index (χ4n) is 10.7. The van der Waals surface area contributed by atoms with E-state index >= 15 is 0 Å². The summed E-state index contributed by atoms with van der Waals surface area (Å²) in [5.74, 6) is 2.77. The summed E-state index contributed by atoms with van der Waals surface area (Å²) in [5, 5.41) is 31.1. The van der Waals surface area contributed by atoms with Crippen LogP contribution in [0.2, 0.25) is 0 Å². The van der Waals surface area contributed by atoms with Gasteiger partial charge in [-0.3, -0.25) is 4.79 Å². The first kappa shape index (κ1) is 33.7. The number of carbonyl (C=O) groups excluding carboxylic acids is 1. The summed E-state index contributed by atoms with van der Waals surface area (Å²) in [6.45, 7) is 15.6. The van der Waals surface area contributed by atoms with Crippen LogP contribution < -0.4 is 0 Å². The lowest BCUT2D eigenvalue weighted by molar-refractivity contribution is -0.313. The van der Waals surface area contributed by atoms with Crippen LogP contribution in [0.5, 0.6) is 0 Å². The van der Waals surface area contributed by atoms with Crippen molar-refractivity contribution in [3.63, 3.8) is 0 Å². The number of allylic oxidation sites excluding steroid dienone is 4. The van der Waals surface area contributed by atoms with Gasteiger partial charge in [-0.1, -0.05) is 57.9 Å². The predicted molar refractivity (Wildman–Crippen MR) is 172 cm³/mol. The highest BCUT2D eigenvalue weighted by atomic mass is 32.1. The number of aliphatic hydroxyl groups is 3. The van der Waals surface area contributed by atoms with Crippen LogP contribution in [-0.2, 0) is 14.3 Å². The highest BCUT2D eigenvalue weighted by Crippen LogP contribution is 2.67. The molecule has 3 saturated carbocycles. The lowest BCUT2D eigenvalue weighted by Gasteiger charge is -2.60. The Labute approximate surface area is 265 Å². The topological polar surface area (TPSA) is 96.2 Å². The highest BCUT2D eigenvalue weighted by molar-refractivity contribution is 7.96. The van der Waals surface area contributed by atoms with Crippen molar-refractivity contribution in [3.8, 4) is 0 Å². The number of thiol groups is 1. The summed E-state index contributed by atoms with van der Waals surface area (Å²) < 4.78 is 12.2. The van der Waals surface area contributed by atoms with E-state index in [1.807, 2.05) is 0 Å². The molecule has 0 aromatic rings. The van der Waals surface area contributed by atoms with Crippen LogP contribution in [0.3, 0.4) is 0 Å². The molecule has 0 unspecified atom stereocenters. The van der Waals surface area contributed by atoms with Gasteiger partial charge in [0.05, 0.1) is 12.2 Å². The van der Waals surface area contributed by atoms with Crippen molar-refractivity contribution in [3.05, 3.63) is 23.3 Å². The number of carbonyl (C=O) groups is 1. The van der Waals surface area contributed by atoms with Crippen LogP contribution in [0.25, 0.3) is 0 Å². The third-order valence-electron chi connectivity index (χ3n) is 13.4. The van der Waals surface area contributed by atoms with Gasteiger partial charge < -0.3 is 24.8 Å². The van der Waals surface area contributed by atoms with Gasteiger partial charge in [0, 0.05) is 5.92 Å². The van der Waals surface area contributed by atoms with E-state index in [9.17, 15) is 20.1 Å². The zero-order valence-electron chi connectivity index (χ0n) is 27.5. The monoisotopic (exact) mass is 618 g/mol. The van der Waals surface area contributed by atoms with Crippen molar-refractivity contribution in [1.29, 1.82) is 0 Å². The summed E-state index contributed by atoms with van der Waals surface area (Å²) in [7, 11) is 0. The molecule has 4 aliphatic carbocycles. The second-order valence-corrected chi connectivity index (χ2v) is 16.1. The Bertz CT molecular complexity index is 1090. The van der Waals surface area contributed by atoms with E-state index in [1.165, 1.54) is 24.8 Å². The molecule has 7 heteroatoms. The normalized spacial score (nSPS) is 47.4. The first-order valence-electron chi connectivity index (χ1n) is 17.2. The van der Waals surface area contributed by atoms with Crippen LogP contribution in [0.4, 0.5) is 0 Å². The van der Waals surface area contributed by atoms with Crippen molar-refractivity contribution in [2.24, 2.45) is 52.3 Å². The minimum atomic E-state index is -1.28. The molecule has 6 nitrogen and oxygen atoms in total. The van der Waals surface area contributed by atoms with Gasteiger partial charge in [-0.25, -0.2) is 0 Å². The van der Waals surface area contributed by atoms with Crippen LogP contribution in [0.1, 0.15) is 106 Å². The summed E-state index contributed by atoms with van der Waals surface area (Å²) in [5.41, 5.74) is 3.44. The molecule has 0 aromatic carbocycles. The van der Waals surface area contributed by atoms with Gasteiger partial charge in [-0.05, 0) is 118 Å². The van der Waals surface area contributed by atoms with E-state index in [0.29, 0.717) is 29.6 Å². The maximum absolute atomic E-state index is 13.0. The Morgan fingerprint density at radius 3 is 2.37 bits per heavy atom. The van der Waals surface area contributed by atoms with Gasteiger partial charge in [-0.15, -0.1) is 12.6 Å².